The largest absolute Gasteiger partial charge is 0.394 e. The number of nitrogens with two attached hydrogens (primary N) is 1. The van der Waals surface area contributed by atoms with E-state index >= 15 is 0 Å². The lowest BCUT2D eigenvalue weighted by atomic mass is 10.3. The molecule has 0 amide bonds. The lowest BCUT2D eigenvalue weighted by molar-refractivity contribution is 0.269. The van der Waals surface area contributed by atoms with Crippen LogP contribution in [0.3, 0.4) is 0 Å². The van der Waals surface area contributed by atoms with Crippen LogP contribution in [0.4, 0.5) is 0 Å². The summed E-state index contributed by atoms with van der Waals surface area (Å²) in [7, 11) is 0. The summed E-state index contributed by atoms with van der Waals surface area (Å²) in [6, 6.07) is 3.32. The van der Waals surface area contributed by atoms with Crippen molar-refractivity contribution in [2.75, 3.05) is 6.61 Å². The summed E-state index contributed by atoms with van der Waals surface area (Å²) in [4.78, 5) is 0.924. The third-order valence-corrected chi connectivity index (χ3v) is 2.52. The van der Waals surface area contributed by atoms with Gasteiger partial charge in [-0.1, -0.05) is 11.6 Å². The first-order chi connectivity index (χ1) is 4.74. The Hall–Kier alpha value is -0.0900. The lowest BCUT2D eigenvalue weighted by Gasteiger charge is -2.02. The van der Waals surface area contributed by atoms with Gasteiger partial charge in [-0.15, -0.1) is 11.3 Å². The van der Waals surface area contributed by atoms with E-state index in [0.29, 0.717) is 4.34 Å². The molecule has 0 radical (unpaired) electrons. The summed E-state index contributed by atoms with van der Waals surface area (Å²) in [5, 5.41) is 8.64. The molecule has 0 saturated carbocycles. The van der Waals surface area contributed by atoms with Gasteiger partial charge in [-0.3, -0.25) is 0 Å². The molecule has 1 rings (SSSR count). The van der Waals surface area contributed by atoms with Gasteiger partial charge in [-0.25, -0.2) is 0 Å². The van der Waals surface area contributed by atoms with E-state index in [9.17, 15) is 0 Å². The molecule has 2 nitrogen and oxygen atoms in total. The Morgan fingerprint density at radius 2 is 2.40 bits per heavy atom. The zero-order chi connectivity index (χ0) is 7.56. The monoisotopic (exact) mass is 177 g/mol. The van der Waals surface area contributed by atoms with Crippen molar-refractivity contribution in [1.82, 2.24) is 0 Å². The smallest absolute Gasteiger partial charge is 0.0931 e. The fourth-order valence-electron chi connectivity index (χ4n) is 0.618. The molecule has 0 aliphatic rings. The molecule has 0 aliphatic heterocycles. The number of hydrogen-bond acceptors (Lipinski definition) is 3. The normalized spacial score (nSPS) is 13.5. The van der Waals surface area contributed by atoms with Crippen LogP contribution < -0.4 is 5.73 Å². The van der Waals surface area contributed by atoms with E-state index in [1.807, 2.05) is 6.07 Å². The summed E-state index contributed by atoms with van der Waals surface area (Å²) in [5.41, 5.74) is 5.51. The van der Waals surface area contributed by atoms with E-state index in [4.69, 9.17) is 22.4 Å². The molecule has 1 aromatic heterocycles. The third-order valence-electron chi connectivity index (χ3n) is 1.16. The molecule has 0 aromatic carbocycles. The molecule has 1 atom stereocenters. The van der Waals surface area contributed by atoms with Crippen molar-refractivity contribution in [3.8, 4) is 0 Å². The van der Waals surface area contributed by atoms with Gasteiger partial charge >= 0.3 is 0 Å². The maximum absolute atomic E-state index is 8.64. The van der Waals surface area contributed by atoms with Crippen molar-refractivity contribution in [2.45, 2.75) is 6.04 Å². The molecule has 0 saturated heterocycles. The second kappa shape index (κ2) is 3.34. The maximum Gasteiger partial charge on any atom is 0.0931 e. The number of hydrogen-bond donors (Lipinski definition) is 2. The Labute approximate surface area is 68.2 Å². The Kier molecular flexibility index (Phi) is 2.68. The van der Waals surface area contributed by atoms with Crippen LogP contribution in [0.1, 0.15) is 10.9 Å². The zero-order valence-electron chi connectivity index (χ0n) is 5.25. The van der Waals surface area contributed by atoms with E-state index in [0.717, 1.165) is 4.88 Å². The first-order valence-corrected chi connectivity index (χ1v) is 4.05. The van der Waals surface area contributed by atoms with Gasteiger partial charge in [0.1, 0.15) is 0 Å². The second-order valence-corrected chi connectivity index (χ2v) is 3.68. The highest BCUT2D eigenvalue weighted by Crippen LogP contribution is 2.25. The van der Waals surface area contributed by atoms with Gasteiger partial charge in [-0.2, -0.15) is 0 Å². The number of rotatable bonds is 2. The zero-order valence-corrected chi connectivity index (χ0v) is 6.82. The molecule has 0 fully saturated rings. The van der Waals surface area contributed by atoms with Crippen LogP contribution in [0, 0.1) is 0 Å². The van der Waals surface area contributed by atoms with Crippen LogP contribution in [0.15, 0.2) is 12.1 Å². The first-order valence-electron chi connectivity index (χ1n) is 2.85. The van der Waals surface area contributed by atoms with E-state index < -0.39 is 0 Å². The topological polar surface area (TPSA) is 46.2 Å². The second-order valence-electron chi connectivity index (χ2n) is 1.93. The predicted molar refractivity (Wildman–Crippen MR) is 43.3 cm³/mol. The van der Waals surface area contributed by atoms with E-state index in [1.54, 1.807) is 6.07 Å². The lowest BCUT2D eigenvalue weighted by Crippen LogP contribution is -2.12. The standard InChI is InChI=1S/C6H8ClNOS/c7-6-2-1-5(10-6)4(8)3-9/h1-2,4,9H,3,8H2. The molecule has 0 bridgehead atoms. The highest BCUT2D eigenvalue weighted by Gasteiger charge is 2.05. The van der Waals surface area contributed by atoms with Crippen LogP contribution in [0.5, 0.6) is 0 Å². The van der Waals surface area contributed by atoms with E-state index in [-0.39, 0.29) is 12.6 Å². The highest BCUT2D eigenvalue weighted by molar-refractivity contribution is 7.16. The Morgan fingerprint density at radius 1 is 1.70 bits per heavy atom. The molecular formula is C6H8ClNOS. The maximum atomic E-state index is 8.64. The summed E-state index contributed by atoms with van der Waals surface area (Å²) >= 11 is 7.04. The molecule has 1 heterocycles. The van der Waals surface area contributed by atoms with Gasteiger partial charge < -0.3 is 10.8 Å². The fourth-order valence-corrected chi connectivity index (χ4v) is 1.67. The number of aliphatic hydroxyl groups is 1. The number of thiophene rings is 1. The molecule has 1 unspecified atom stereocenters. The Bertz CT molecular complexity index is 213. The van der Waals surface area contributed by atoms with Gasteiger partial charge in [0.05, 0.1) is 17.0 Å². The van der Waals surface area contributed by atoms with Gasteiger partial charge in [0.25, 0.3) is 0 Å². The Morgan fingerprint density at radius 3 is 2.80 bits per heavy atom. The minimum absolute atomic E-state index is 0.0309. The SMILES string of the molecule is NC(CO)c1ccc(Cl)s1. The molecule has 3 N–H and O–H groups in total. The quantitative estimate of drug-likeness (QED) is 0.718. The summed E-state index contributed by atoms with van der Waals surface area (Å²) in [6.07, 6.45) is 0. The molecule has 1 aromatic rings. The summed E-state index contributed by atoms with van der Waals surface area (Å²) in [6.45, 7) is -0.0309. The third kappa shape index (κ3) is 1.70. The first kappa shape index (κ1) is 8.01. The van der Waals surface area contributed by atoms with E-state index in [2.05, 4.69) is 0 Å². The van der Waals surface area contributed by atoms with Gasteiger partial charge in [0.15, 0.2) is 0 Å². The van der Waals surface area contributed by atoms with Crippen LogP contribution in [0.2, 0.25) is 4.34 Å². The Balaban J connectivity index is 2.74. The van der Waals surface area contributed by atoms with Gasteiger partial charge in [-0.05, 0) is 12.1 Å². The fraction of sp³-hybridized carbons (Fsp3) is 0.333. The number of aliphatic hydroxyl groups excluding tert-OH is 1. The molecule has 56 valence electrons. The minimum atomic E-state index is -0.280. The summed E-state index contributed by atoms with van der Waals surface area (Å²) in [5.74, 6) is 0. The molecular weight excluding hydrogens is 170 g/mol. The minimum Gasteiger partial charge on any atom is -0.394 e. The highest BCUT2D eigenvalue weighted by atomic mass is 35.5. The van der Waals surface area contributed by atoms with E-state index in [1.165, 1.54) is 11.3 Å². The van der Waals surface area contributed by atoms with Crippen LogP contribution in [-0.4, -0.2) is 11.7 Å². The molecule has 0 spiro atoms. The van der Waals surface area contributed by atoms with Crippen molar-refractivity contribution in [3.63, 3.8) is 0 Å². The average molecular weight is 178 g/mol. The molecule has 0 aliphatic carbocycles. The van der Waals surface area contributed by atoms with Crippen LogP contribution >= 0.6 is 22.9 Å². The number of halogens is 1. The predicted octanol–water partition coefficient (Wildman–Crippen LogP) is 1.39. The average Bonchev–Trinajstić information content (AvgIpc) is 2.34. The van der Waals surface area contributed by atoms with Gasteiger partial charge in [0.2, 0.25) is 0 Å². The van der Waals surface area contributed by atoms with Crippen molar-refractivity contribution >= 4 is 22.9 Å². The van der Waals surface area contributed by atoms with Crippen LogP contribution in [0.25, 0.3) is 0 Å². The van der Waals surface area contributed by atoms with Crippen molar-refractivity contribution in [2.24, 2.45) is 5.73 Å². The van der Waals surface area contributed by atoms with Crippen molar-refractivity contribution in [1.29, 1.82) is 0 Å². The molecule has 10 heavy (non-hydrogen) atoms. The van der Waals surface area contributed by atoms with Crippen molar-refractivity contribution < 1.29 is 5.11 Å². The summed E-state index contributed by atoms with van der Waals surface area (Å²) < 4.78 is 0.707. The molecule has 4 heteroatoms. The van der Waals surface area contributed by atoms with Crippen LogP contribution in [-0.2, 0) is 0 Å². The van der Waals surface area contributed by atoms with Gasteiger partial charge in [0, 0.05) is 4.88 Å². The van der Waals surface area contributed by atoms with Crippen molar-refractivity contribution in [3.05, 3.63) is 21.3 Å².